The molecule has 0 aliphatic rings. The van der Waals surface area contributed by atoms with Crippen molar-refractivity contribution in [3.05, 3.63) is 99.7 Å². The Morgan fingerprint density at radius 3 is 2.35 bits per heavy atom. The van der Waals surface area contributed by atoms with Crippen molar-refractivity contribution in [3.8, 4) is 22.5 Å². The lowest BCUT2D eigenvalue weighted by molar-refractivity contribution is -0.136. The van der Waals surface area contributed by atoms with Crippen LogP contribution in [0.5, 0.6) is 0 Å². The van der Waals surface area contributed by atoms with Gasteiger partial charge in [0.05, 0.1) is 23.9 Å². The smallest absolute Gasteiger partial charge is 0.305 e. The van der Waals surface area contributed by atoms with Crippen molar-refractivity contribution < 1.29 is 14.7 Å². The molecule has 0 fully saturated rings. The van der Waals surface area contributed by atoms with Crippen LogP contribution in [-0.4, -0.2) is 37.9 Å². The number of nitrogens with zero attached hydrogens (tertiary/aromatic N) is 3. The predicted octanol–water partition coefficient (Wildman–Crippen LogP) is 7.14. The van der Waals surface area contributed by atoms with Crippen LogP contribution in [0.25, 0.3) is 33.4 Å². The van der Waals surface area contributed by atoms with Gasteiger partial charge in [-0.15, -0.1) is 0 Å². The van der Waals surface area contributed by atoms with Gasteiger partial charge >= 0.3 is 5.97 Å². The number of carbonyl (C=O) groups excluding carboxylic acids is 1. The maximum absolute atomic E-state index is 12.4. The monoisotopic (exact) mass is 574 g/mol. The lowest BCUT2D eigenvalue weighted by Gasteiger charge is -2.18. The molecule has 0 bridgehead atoms. The summed E-state index contributed by atoms with van der Waals surface area (Å²) in [5.41, 5.74) is 7.17. The van der Waals surface area contributed by atoms with E-state index in [2.05, 4.69) is 48.0 Å². The molecular formula is C31H28Cl2N4O3. The van der Waals surface area contributed by atoms with Crippen molar-refractivity contribution in [3.63, 3.8) is 0 Å². The van der Waals surface area contributed by atoms with E-state index < -0.39 is 5.97 Å². The molecule has 2 heterocycles. The number of aryl methyl sites for hydroxylation is 1. The van der Waals surface area contributed by atoms with Gasteiger partial charge < -0.3 is 15.0 Å². The van der Waals surface area contributed by atoms with Crippen molar-refractivity contribution in [1.29, 1.82) is 0 Å². The number of rotatable bonds is 8. The summed E-state index contributed by atoms with van der Waals surface area (Å²) < 4.78 is 4.09. The number of amides is 1. The molecule has 0 saturated heterocycles. The maximum Gasteiger partial charge on any atom is 0.305 e. The highest BCUT2D eigenvalue weighted by molar-refractivity contribution is 6.35. The molecule has 204 valence electrons. The number of carboxylic acid groups (broad SMARTS) is 1. The first kappa shape index (κ1) is 27.5. The zero-order valence-electron chi connectivity index (χ0n) is 22.3. The molecule has 5 rings (SSSR count). The van der Waals surface area contributed by atoms with Gasteiger partial charge in [-0.2, -0.15) is 5.10 Å². The van der Waals surface area contributed by atoms with E-state index in [-0.39, 0.29) is 24.9 Å². The van der Waals surface area contributed by atoms with Crippen molar-refractivity contribution in [2.45, 2.75) is 26.3 Å². The van der Waals surface area contributed by atoms with Crippen LogP contribution in [0.4, 0.5) is 0 Å². The summed E-state index contributed by atoms with van der Waals surface area (Å²) in [6.45, 7) is 4.19. The molecule has 7 nitrogen and oxygen atoms in total. The second-order valence-corrected chi connectivity index (χ2v) is 10.7. The average Bonchev–Trinajstić information content (AvgIpc) is 3.46. The molecular weight excluding hydrogens is 547 g/mol. The first-order valence-electron chi connectivity index (χ1n) is 12.8. The number of carbonyl (C=O) groups is 2. The van der Waals surface area contributed by atoms with E-state index >= 15 is 0 Å². The van der Waals surface area contributed by atoms with Gasteiger partial charge in [0.1, 0.15) is 0 Å². The number of nitrogens with one attached hydrogen (secondary N) is 1. The third-order valence-corrected chi connectivity index (χ3v) is 7.52. The Morgan fingerprint density at radius 2 is 1.68 bits per heavy atom. The molecule has 0 saturated carbocycles. The molecule has 1 atom stereocenters. The Balaban J connectivity index is 1.56. The fourth-order valence-corrected chi connectivity index (χ4v) is 5.50. The predicted molar refractivity (Wildman–Crippen MR) is 159 cm³/mol. The minimum Gasteiger partial charge on any atom is -0.481 e. The number of fused-ring (bicyclic) bond motifs is 1. The van der Waals surface area contributed by atoms with E-state index in [1.807, 2.05) is 42.2 Å². The minimum atomic E-state index is -0.958. The van der Waals surface area contributed by atoms with Crippen molar-refractivity contribution in [2.75, 3.05) is 6.54 Å². The first-order valence-corrected chi connectivity index (χ1v) is 13.6. The molecule has 2 N–H and O–H groups in total. The number of aromatic nitrogens is 3. The lowest BCUT2D eigenvalue weighted by atomic mass is 10.0. The van der Waals surface area contributed by atoms with E-state index in [0.717, 1.165) is 44.5 Å². The molecule has 9 heteroatoms. The number of hydrogen-bond donors (Lipinski definition) is 2. The van der Waals surface area contributed by atoms with Gasteiger partial charge in [-0.1, -0.05) is 41.4 Å². The standard InChI is InChI=1S/C31H28Cl2N4O3/c1-18-29(24-15-25(32)17-26(33)16-24)35-37(30(18)23-8-9-27-22(14-23)11-13-36(27)3)19(2)20-4-6-21(7-5-20)31(40)34-12-10-28(38)39/h4-9,11,13-17,19H,10,12H2,1-3H3,(H,34,40)(H,38,39). The Hall–Kier alpha value is -4.07. The van der Waals surface area contributed by atoms with Crippen molar-refractivity contribution in [1.82, 2.24) is 19.7 Å². The SMILES string of the molecule is Cc1c(-c2cc(Cl)cc(Cl)c2)nn(C(C)c2ccc(C(=O)NCCC(=O)O)cc2)c1-c1ccc2c(ccn2C)c1. The van der Waals surface area contributed by atoms with Gasteiger partial charge in [0.25, 0.3) is 5.91 Å². The van der Waals surface area contributed by atoms with Gasteiger partial charge in [-0.3, -0.25) is 14.3 Å². The van der Waals surface area contributed by atoms with Crippen LogP contribution >= 0.6 is 23.2 Å². The highest BCUT2D eigenvalue weighted by atomic mass is 35.5. The van der Waals surface area contributed by atoms with Gasteiger partial charge in [-0.05, 0) is 67.9 Å². The Labute approximate surface area is 242 Å². The van der Waals surface area contributed by atoms with Crippen LogP contribution in [0.3, 0.4) is 0 Å². The van der Waals surface area contributed by atoms with Crippen LogP contribution in [0, 0.1) is 6.92 Å². The summed E-state index contributed by atoms with van der Waals surface area (Å²) in [7, 11) is 2.02. The molecule has 0 radical (unpaired) electrons. The largest absolute Gasteiger partial charge is 0.481 e. The third kappa shape index (κ3) is 5.48. The summed E-state index contributed by atoms with van der Waals surface area (Å²) in [6, 6.07) is 21.0. The van der Waals surface area contributed by atoms with E-state index in [9.17, 15) is 9.59 Å². The summed E-state index contributed by atoms with van der Waals surface area (Å²) >= 11 is 12.7. The summed E-state index contributed by atoms with van der Waals surface area (Å²) in [6.07, 6.45) is 1.91. The first-order chi connectivity index (χ1) is 19.1. The lowest BCUT2D eigenvalue weighted by Crippen LogP contribution is -2.26. The van der Waals surface area contributed by atoms with Crippen LogP contribution in [0.1, 0.15) is 40.9 Å². The fourth-order valence-electron chi connectivity index (χ4n) is 4.98. The molecule has 5 aromatic rings. The van der Waals surface area contributed by atoms with Crippen LogP contribution in [0.15, 0.2) is 72.9 Å². The summed E-state index contributed by atoms with van der Waals surface area (Å²) in [5, 5.41) is 18.7. The van der Waals surface area contributed by atoms with E-state index in [1.54, 1.807) is 18.2 Å². The Bertz CT molecular complexity index is 1720. The molecule has 40 heavy (non-hydrogen) atoms. The maximum atomic E-state index is 12.4. The number of carboxylic acids is 1. The van der Waals surface area contributed by atoms with Gasteiger partial charge in [0.2, 0.25) is 0 Å². The fraction of sp³-hybridized carbons (Fsp3) is 0.194. The summed E-state index contributed by atoms with van der Waals surface area (Å²) in [4.78, 5) is 23.2. The molecule has 0 spiro atoms. The second-order valence-electron chi connectivity index (χ2n) is 9.82. The number of hydrogen-bond acceptors (Lipinski definition) is 3. The molecule has 0 aliphatic carbocycles. The minimum absolute atomic E-state index is 0.0737. The zero-order valence-corrected chi connectivity index (χ0v) is 23.8. The van der Waals surface area contributed by atoms with E-state index in [4.69, 9.17) is 33.4 Å². The number of halogens is 2. The van der Waals surface area contributed by atoms with E-state index in [0.29, 0.717) is 15.6 Å². The average molecular weight is 575 g/mol. The third-order valence-electron chi connectivity index (χ3n) is 7.09. The highest BCUT2D eigenvalue weighted by Gasteiger charge is 2.23. The van der Waals surface area contributed by atoms with Crippen molar-refractivity contribution in [2.24, 2.45) is 7.05 Å². The number of aliphatic carboxylic acids is 1. The zero-order chi connectivity index (χ0) is 28.6. The second kappa shape index (κ2) is 11.2. The van der Waals surface area contributed by atoms with Crippen LogP contribution in [0.2, 0.25) is 10.0 Å². The molecule has 3 aromatic carbocycles. The quantitative estimate of drug-likeness (QED) is 0.206. The molecule has 1 amide bonds. The molecule has 0 aliphatic heterocycles. The van der Waals surface area contributed by atoms with Gasteiger partial charge in [0.15, 0.2) is 0 Å². The van der Waals surface area contributed by atoms with Crippen LogP contribution in [-0.2, 0) is 11.8 Å². The van der Waals surface area contributed by atoms with E-state index in [1.165, 1.54) is 0 Å². The summed E-state index contributed by atoms with van der Waals surface area (Å²) in [5.74, 6) is -1.27. The van der Waals surface area contributed by atoms with Gasteiger partial charge in [-0.25, -0.2) is 0 Å². The topological polar surface area (TPSA) is 89.2 Å². The normalized spacial score (nSPS) is 12.0. The molecule has 2 aromatic heterocycles. The van der Waals surface area contributed by atoms with Crippen LogP contribution < -0.4 is 5.32 Å². The van der Waals surface area contributed by atoms with Gasteiger partial charge in [0, 0.05) is 63.0 Å². The van der Waals surface area contributed by atoms with Crippen molar-refractivity contribution >= 4 is 46.0 Å². The Kier molecular flexibility index (Phi) is 7.70. The Morgan fingerprint density at radius 1 is 0.975 bits per heavy atom. The number of benzene rings is 3. The highest BCUT2D eigenvalue weighted by Crippen LogP contribution is 2.38. The molecule has 1 unspecified atom stereocenters.